The summed E-state index contributed by atoms with van der Waals surface area (Å²) in [5.41, 5.74) is 5.60. The zero-order valence-corrected chi connectivity index (χ0v) is 10.7. The van der Waals surface area contributed by atoms with Gasteiger partial charge < -0.3 is 15.4 Å². The fourth-order valence-electron chi connectivity index (χ4n) is 2.83. The number of rotatable bonds is 2. The second-order valence-corrected chi connectivity index (χ2v) is 5.47. The van der Waals surface area contributed by atoms with Crippen LogP contribution in [-0.2, 0) is 9.53 Å². The van der Waals surface area contributed by atoms with Crippen molar-refractivity contribution in [1.82, 2.24) is 4.90 Å². The monoisotopic (exact) mass is 240 g/mol. The van der Waals surface area contributed by atoms with Gasteiger partial charge in [-0.25, -0.2) is 0 Å². The van der Waals surface area contributed by atoms with Gasteiger partial charge in [-0.3, -0.25) is 4.79 Å². The van der Waals surface area contributed by atoms with Crippen LogP contribution in [0.15, 0.2) is 0 Å². The molecule has 1 unspecified atom stereocenters. The van der Waals surface area contributed by atoms with Crippen LogP contribution in [0.1, 0.15) is 32.6 Å². The third-order valence-corrected chi connectivity index (χ3v) is 4.08. The molecule has 2 rings (SSSR count). The number of nitrogens with zero attached hydrogens (tertiary/aromatic N) is 1. The first-order valence-electron chi connectivity index (χ1n) is 6.81. The second kappa shape index (κ2) is 5.83. The molecule has 0 aromatic carbocycles. The van der Waals surface area contributed by atoms with E-state index in [4.69, 9.17) is 10.5 Å². The Morgan fingerprint density at radius 3 is 2.71 bits per heavy atom. The van der Waals surface area contributed by atoms with Gasteiger partial charge in [-0.05, 0) is 31.6 Å². The number of morpholine rings is 1. The molecule has 0 bridgehead atoms. The molecule has 1 atom stereocenters. The molecule has 1 heterocycles. The zero-order chi connectivity index (χ0) is 12.3. The smallest absolute Gasteiger partial charge is 0.225 e. The molecule has 2 fully saturated rings. The van der Waals surface area contributed by atoms with Gasteiger partial charge in [0.15, 0.2) is 0 Å². The van der Waals surface area contributed by atoms with Gasteiger partial charge in [0, 0.05) is 25.6 Å². The lowest BCUT2D eigenvalue weighted by Gasteiger charge is -2.36. The summed E-state index contributed by atoms with van der Waals surface area (Å²) < 4.78 is 5.49. The Balaban J connectivity index is 1.86. The highest BCUT2D eigenvalue weighted by atomic mass is 16.5. The van der Waals surface area contributed by atoms with Crippen molar-refractivity contribution in [3.8, 4) is 0 Å². The van der Waals surface area contributed by atoms with E-state index >= 15 is 0 Å². The van der Waals surface area contributed by atoms with Crippen LogP contribution in [0.2, 0.25) is 0 Å². The molecule has 2 aliphatic rings. The van der Waals surface area contributed by atoms with Crippen LogP contribution in [0, 0.1) is 11.8 Å². The standard InChI is InChI=1S/C13H24N2O2/c1-10-2-4-11(5-3-10)13(16)15-6-7-17-12(8-14)9-15/h10-12H,2-9,14H2,1H3. The molecular formula is C13H24N2O2. The molecule has 1 amide bonds. The second-order valence-electron chi connectivity index (χ2n) is 5.47. The molecule has 1 saturated carbocycles. The number of hydrogen-bond donors (Lipinski definition) is 1. The number of ether oxygens (including phenoxy) is 1. The van der Waals surface area contributed by atoms with Gasteiger partial charge in [-0.15, -0.1) is 0 Å². The molecule has 1 saturated heterocycles. The minimum Gasteiger partial charge on any atom is -0.373 e. The number of carbonyl (C=O) groups excluding carboxylic acids is 1. The Morgan fingerprint density at radius 1 is 1.35 bits per heavy atom. The van der Waals surface area contributed by atoms with E-state index in [1.54, 1.807) is 0 Å². The predicted octanol–water partition coefficient (Wildman–Crippen LogP) is 0.999. The third-order valence-electron chi connectivity index (χ3n) is 4.08. The summed E-state index contributed by atoms with van der Waals surface area (Å²) in [5.74, 6) is 1.38. The minimum absolute atomic E-state index is 0.0372. The molecule has 2 N–H and O–H groups in total. The van der Waals surface area contributed by atoms with Crippen LogP contribution < -0.4 is 5.73 Å². The Bertz CT molecular complexity index is 262. The van der Waals surface area contributed by atoms with E-state index in [1.165, 1.54) is 12.8 Å². The first-order valence-corrected chi connectivity index (χ1v) is 6.81. The van der Waals surface area contributed by atoms with Gasteiger partial charge in [0.2, 0.25) is 5.91 Å². The maximum absolute atomic E-state index is 12.4. The van der Waals surface area contributed by atoms with Crippen LogP contribution in [0.3, 0.4) is 0 Å². The van der Waals surface area contributed by atoms with Crippen molar-refractivity contribution in [2.75, 3.05) is 26.2 Å². The van der Waals surface area contributed by atoms with Gasteiger partial charge in [0.1, 0.15) is 0 Å². The average molecular weight is 240 g/mol. The number of amides is 1. The highest BCUT2D eigenvalue weighted by Gasteiger charge is 2.30. The van der Waals surface area contributed by atoms with Gasteiger partial charge in [0.25, 0.3) is 0 Å². The summed E-state index contributed by atoms with van der Waals surface area (Å²) in [6.45, 7) is 4.84. The summed E-state index contributed by atoms with van der Waals surface area (Å²) in [7, 11) is 0. The summed E-state index contributed by atoms with van der Waals surface area (Å²) in [5, 5.41) is 0. The Hall–Kier alpha value is -0.610. The lowest BCUT2D eigenvalue weighted by Crippen LogP contribution is -2.50. The molecule has 4 nitrogen and oxygen atoms in total. The van der Waals surface area contributed by atoms with Gasteiger partial charge in [0.05, 0.1) is 12.7 Å². The number of carbonyl (C=O) groups is 1. The molecule has 0 radical (unpaired) electrons. The predicted molar refractivity (Wildman–Crippen MR) is 66.5 cm³/mol. The van der Waals surface area contributed by atoms with Gasteiger partial charge >= 0.3 is 0 Å². The number of nitrogens with two attached hydrogens (primary N) is 1. The largest absolute Gasteiger partial charge is 0.373 e. The van der Waals surface area contributed by atoms with Crippen molar-refractivity contribution in [3.05, 3.63) is 0 Å². The molecular weight excluding hydrogens is 216 g/mol. The number of hydrogen-bond acceptors (Lipinski definition) is 3. The van der Waals surface area contributed by atoms with Crippen LogP contribution in [0.5, 0.6) is 0 Å². The normalized spacial score (nSPS) is 34.7. The van der Waals surface area contributed by atoms with E-state index < -0.39 is 0 Å². The fraction of sp³-hybridized carbons (Fsp3) is 0.923. The summed E-state index contributed by atoms with van der Waals surface area (Å²) in [6, 6.07) is 0. The summed E-state index contributed by atoms with van der Waals surface area (Å²) in [4.78, 5) is 14.3. The van der Waals surface area contributed by atoms with E-state index in [1.807, 2.05) is 4.90 Å². The zero-order valence-electron chi connectivity index (χ0n) is 10.7. The molecule has 4 heteroatoms. The Labute approximate surface area is 103 Å². The summed E-state index contributed by atoms with van der Waals surface area (Å²) in [6.07, 6.45) is 4.55. The Morgan fingerprint density at radius 2 is 2.06 bits per heavy atom. The lowest BCUT2D eigenvalue weighted by atomic mass is 9.82. The molecule has 0 spiro atoms. The maximum atomic E-state index is 12.4. The molecule has 0 aromatic heterocycles. The molecule has 1 aliphatic heterocycles. The van der Waals surface area contributed by atoms with E-state index in [0.29, 0.717) is 25.6 Å². The van der Waals surface area contributed by atoms with E-state index in [9.17, 15) is 4.79 Å². The first kappa shape index (κ1) is 12.8. The van der Waals surface area contributed by atoms with Crippen molar-refractivity contribution in [1.29, 1.82) is 0 Å². The minimum atomic E-state index is 0.0372. The summed E-state index contributed by atoms with van der Waals surface area (Å²) >= 11 is 0. The highest BCUT2D eigenvalue weighted by Crippen LogP contribution is 2.29. The average Bonchev–Trinajstić information content (AvgIpc) is 2.39. The first-order chi connectivity index (χ1) is 8.20. The van der Waals surface area contributed by atoms with Crippen LogP contribution in [0.25, 0.3) is 0 Å². The Kier molecular flexibility index (Phi) is 4.40. The topological polar surface area (TPSA) is 55.6 Å². The lowest BCUT2D eigenvalue weighted by molar-refractivity contribution is -0.144. The van der Waals surface area contributed by atoms with E-state index in [2.05, 4.69) is 6.92 Å². The van der Waals surface area contributed by atoms with Crippen molar-refractivity contribution in [2.45, 2.75) is 38.7 Å². The van der Waals surface area contributed by atoms with Crippen molar-refractivity contribution >= 4 is 5.91 Å². The van der Waals surface area contributed by atoms with Crippen LogP contribution in [-0.4, -0.2) is 43.2 Å². The quantitative estimate of drug-likeness (QED) is 0.783. The maximum Gasteiger partial charge on any atom is 0.225 e. The fourth-order valence-corrected chi connectivity index (χ4v) is 2.83. The van der Waals surface area contributed by atoms with Crippen molar-refractivity contribution in [3.63, 3.8) is 0 Å². The van der Waals surface area contributed by atoms with Crippen LogP contribution >= 0.6 is 0 Å². The SMILES string of the molecule is CC1CCC(C(=O)N2CCOC(CN)C2)CC1. The van der Waals surface area contributed by atoms with Gasteiger partial charge in [-0.1, -0.05) is 6.92 Å². The van der Waals surface area contributed by atoms with E-state index in [0.717, 1.165) is 25.3 Å². The highest BCUT2D eigenvalue weighted by molar-refractivity contribution is 5.79. The molecule has 1 aliphatic carbocycles. The molecule has 0 aromatic rings. The molecule has 17 heavy (non-hydrogen) atoms. The van der Waals surface area contributed by atoms with Crippen molar-refractivity contribution in [2.24, 2.45) is 17.6 Å². The third kappa shape index (κ3) is 3.19. The van der Waals surface area contributed by atoms with E-state index in [-0.39, 0.29) is 12.0 Å². The molecule has 98 valence electrons. The van der Waals surface area contributed by atoms with Crippen LogP contribution in [0.4, 0.5) is 0 Å². The van der Waals surface area contributed by atoms with Gasteiger partial charge in [-0.2, -0.15) is 0 Å². The van der Waals surface area contributed by atoms with Crippen molar-refractivity contribution < 1.29 is 9.53 Å².